The zero-order valence-corrected chi connectivity index (χ0v) is 10.1. The number of methoxy groups -OCH3 is 2. The Morgan fingerprint density at radius 1 is 1.12 bits per heavy atom. The minimum atomic E-state index is -0.518. The van der Waals surface area contributed by atoms with E-state index in [0.29, 0.717) is 12.8 Å². The van der Waals surface area contributed by atoms with Crippen molar-refractivity contribution < 1.29 is 14.6 Å². The summed E-state index contributed by atoms with van der Waals surface area (Å²) in [5.74, 6) is 1.60. The van der Waals surface area contributed by atoms with Crippen LogP contribution in [0.5, 0.6) is 11.5 Å². The van der Waals surface area contributed by atoms with E-state index in [-0.39, 0.29) is 5.38 Å². The lowest BCUT2D eigenvalue weighted by molar-refractivity contribution is 0.160. The summed E-state index contributed by atoms with van der Waals surface area (Å²) in [5.41, 5.74) is 2.05. The van der Waals surface area contributed by atoms with Crippen LogP contribution in [0.1, 0.15) is 11.1 Å². The van der Waals surface area contributed by atoms with Crippen molar-refractivity contribution in [3.8, 4) is 11.5 Å². The van der Waals surface area contributed by atoms with E-state index in [4.69, 9.17) is 21.1 Å². The van der Waals surface area contributed by atoms with Gasteiger partial charge < -0.3 is 14.6 Å². The van der Waals surface area contributed by atoms with Gasteiger partial charge in [-0.15, -0.1) is 11.6 Å². The van der Waals surface area contributed by atoms with E-state index in [0.717, 1.165) is 22.6 Å². The van der Waals surface area contributed by atoms with E-state index in [2.05, 4.69) is 0 Å². The lowest BCUT2D eigenvalue weighted by atomic mass is 9.88. The van der Waals surface area contributed by atoms with Crippen LogP contribution in [0.25, 0.3) is 0 Å². The Kier molecular flexibility index (Phi) is 3.26. The summed E-state index contributed by atoms with van der Waals surface area (Å²) in [5, 5.41) is 9.52. The molecular weight excluding hydrogens is 228 g/mol. The highest BCUT2D eigenvalue weighted by atomic mass is 35.5. The SMILES string of the molecule is COc1ccc(OC)c2c1CC(O)C(Cl)C2. The van der Waals surface area contributed by atoms with Crippen LogP contribution in [0.3, 0.4) is 0 Å². The molecule has 0 saturated heterocycles. The maximum absolute atomic E-state index is 9.78. The third-order valence-electron chi connectivity index (χ3n) is 3.01. The summed E-state index contributed by atoms with van der Waals surface area (Å²) >= 11 is 6.07. The predicted molar refractivity (Wildman–Crippen MR) is 62.6 cm³/mol. The number of aliphatic hydroxyl groups excluding tert-OH is 1. The molecule has 0 spiro atoms. The molecular formula is C12H15ClO3. The van der Waals surface area contributed by atoms with Crippen molar-refractivity contribution in [1.29, 1.82) is 0 Å². The van der Waals surface area contributed by atoms with Gasteiger partial charge in [0.1, 0.15) is 11.5 Å². The number of halogens is 1. The lowest BCUT2D eigenvalue weighted by Gasteiger charge is -2.28. The Labute approximate surface area is 99.9 Å². The number of fused-ring (bicyclic) bond motifs is 1. The Hall–Kier alpha value is -0.930. The Morgan fingerprint density at radius 2 is 1.62 bits per heavy atom. The highest BCUT2D eigenvalue weighted by molar-refractivity contribution is 6.21. The topological polar surface area (TPSA) is 38.7 Å². The first-order chi connectivity index (χ1) is 7.67. The number of ether oxygens (including phenoxy) is 2. The largest absolute Gasteiger partial charge is 0.496 e. The number of hydrogen-bond donors (Lipinski definition) is 1. The normalized spacial score (nSPS) is 23.8. The molecule has 0 saturated carbocycles. The van der Waals surface area contributed by atoms with Gasteiger partial charge in [0.2, 0.25) is 0 Å². The van der Waals surface area contributed by atoms with Crippen LogP contribution in [0.2, 0.25) is 0 Å². The van der Waals surface area contributed by atoms with Crippen molar-refractivity contribution in [2.24, 2.45) is 0 Å². The maximum Gasteiger partial charge on any atom is 0.122 e. The van der Waals surface area contributed by atoms with Crippen LogP contribution in [0.15, 0.2) is 12.1 Å². The number of hydrogen-bond acceptors (Lipinski definition) is 3. The third-order valence-corrected chi connectivity index (χ3v) is 3.46. The molecule has 1 aliphatic carbocycles. The Balaban J connectivity index is 2.50. The molecule has 4 heteroatoms. The van der Waals surface area contributed by atoms with Crippen molar-refractivity contribution in [3.05, 3.63) is 23.3 Å². The van der Waals surface area contributed by atoms with E-state index in [1.807, 2.05) is 12.1 Å². The van der Waals surface area contributed by atoms with Crippen LogP contribution in [-0.4, -0.2) is 30.8 Å². The van der Waals surface area contributed by atoms with E-state index >= 15 is 0 Å². The summed E-state index contributed by atoms with van der Waals surface area (Å²) in [4.78, 5) is 0. The average molecular weight is 243 g/mol. The summed E-state index contributed by atoms with van der Waals surface area (Å²) in [6.45, 7) is 0. The van der Waals surface area contributed by atoms with Crippen LogP contribution >= 0.6 is 11.6 Å². The monoisotopic (exact) mass is 242 g/mol. The average Bonchev–Trinajstić information content (AvgIpc) is 2.29. The van der Waals surface area contributed by atoms with Crippen LogP contribution in [-0.2, 0) is 12.8 Å². The van der Waals surface area contributed by atoms with Gasteiger partial charge in [-0.25, -0.2) is 0 Å². The first kappa shape index (κ1) is 11.6. The minimum absolute atomic E-state index is 0.256. The Bertz CT molecular complexity index is 355. The fourth-order valence-corrected chi connectivity index (χ4v) is 2.39. The number of alkyl halides is 1. The smallest absolute Gasteiger partial charge is 0.122 e. The second-order valence-electron chi connectivity index (χ2n) is 3.92. The fourth-order valence-electron chi connectivity index (χ4n) is 2.15. The van der Waals surface area contributed by atoms with Gasteiger partial charge in [0.05, 0.1) is 25.7 Å². The highest BCUT2D eigenvalue weighted by Gasteiger charge is 2.29. The molecule has 0 radical (unpaired) electrons. The molecule has 2 rings (SSSR count). The van der Waals surface area contributed by atoms with Crippen molar-refractivity contribution in [3.63, 3.8) is 0 Å². The molecule has 0 fully saturated rings. The number of rotatable bonds is 2. The van der Waals surface area contributed by atoms with E-state index in [1.54, 1.807) is 14.2 Å². The molecule has 2 atom stereocenters. The molecule has 1 aromatic carbocycles. The predicted octanol–water partition coefficient (Wildman–Crippen LogP) is 1.77. The number of aliphatic hydroxyl groups is 1. The molecule has 0 aliphatic heterocycles. The third kappa shape index (κ3) is 1.85. The van der Waals surface area contributed by atoms with E-state index < -0.39 is 6.10 Å². The van der Waals surface area contributed by atoms with Gasteiger partial charge in [0.25, 0.3) is 0 Å². The second-order valence-corrected chi connectivity index (χ2v) is 4.48. The molecule has 2 unspecified atom stereocenters. The highest BCUT2D eigenvalue weighted by Crippen LogP contribution is 2.37. The van der Waals surface area contributed by atoms with Gasteiger partial charge in [0, 0.05) is 17.5 Å². The fraction of sp³-hybridized carbons (Fsp3) is 0.500. The molecule has 1 aliphatic rings. The minimum Gasteiger partial charge on any atom is -0.496 e. The molecule has 0 heterocycles. The number of benzene rings is 1. The molecule has 3 nitrogen and oxygen atoms in total. The van der Waals surface area contributed by atoms with Gasteiger partial charge >= 0.3 is 0 Å². The Morgan fingerprint density at radius 3 is 2.12 bits per heavy atom. The quantitative estimate of drug-likeness (QED) is 0.804. The summed E-state index contributed by atoms with van der Waals surface area (Å²) in [6.07, 6.45) is 0.609. The van der Waals surface area contributed by atoms with Gasteiger partial charge in [0.15, 0.2) is 0 Å². The van der Waals surface area contributed by atoms with Crippen molar-refractivity contribution in [2.75, 3.05) is 14.2 Å². The maximum atomic E-state index is 9.78. The zero-order chi connectivity index (χ0) is 11.7. The first-order valence-electron chi connectivity index (χ1n) is 5.22. The molecule has 88 valence electrons. The lowest BCUT2D eigenvalue weighted by Crippen LogP contribution is -2.31. The molecule has 1 N–H and O–H groups in total. The van der Waals surface area contributed by atoms with Gasteiger partial charge in [-0.05, 0) is 18.6 Å². The van der Waals surface area contributed by atoms with Crippen molar-refractivity contribution in [1.82, 2.24) is 0 Å². The van der Waals surface area contributed by atoms with E-state index in [9.17, 15) is 5.11 Å². The van der Waals surface area contributed by atoms with Gasteiger partial charge in [-0.2, -0.15) is 0 Å². The summed E-state index contributed by atoms with van der Waals surface area (Å²) in [7, 11) is 3.26. The first-order valence-corrected chi connectivity index (χ1v) is 5.66. The van der Waals surface area contributed by atoms with Gasteiger partial charge in [-0.1, -0.05) is 0 Å². The van der Waals surface area contributed by atoms with Crippen LogP contribution in [0.4, 0.5) is 0 Å². The second kappa shape index (κ2) is 4.52. The standard InChI is InChI=1S/C12H15ClO3/c1-15-11-3-4-12(16-2)8-6-10(14)9(13)5-7(8)11/h3-4,9-10,14H,5-6H2,1-2H3. The van der Waals surface area contributed by atoms with Crippen LogP contribution in [0, 0.1) is 0 Å². The molecule has 1 aromatic rings. The van der Waals surface area contributed by atoms with Gasteiger partial charge in [-0.3, -0.25) is 0 Å². The summed E-state index contributed by atoms with van der Waals surface area (Å²) < 4.78 is 10.6. The van der Waals surface area contributed by atoms with E-state index in [1.165, 1.54) is 0 Å². The molecule has 0 aromatic heterocycles. The molecule has 16 heavy (non-hydrogen) atoms. The zero-order valence-electron chi connectivity index (χ0n) is 9.37. The van der Waals surface area contributed by atoms with Crippen LogP contribution < -0.4 is 9.47 Å². The van der Waals surface area contributed by atoms with Crippen molar-refractivity contribution >= 4 is 11.6 Å². The van der Waals surface area contributed by atoms with Crippen molar-refractivity contribution in [2.45, 2.75) is 24.3 Å². The molecule has 0 amide bonds. The molecule has 0 bridgehead atoms. The summed E-state index contributed by atoms with van der Waals surface area (Å²) in [6, 6.07) is 3.73.